The Balaban J connectivity index is 2.34. The molecular weight excluding hydrogens is 803 g/mol. The van der Waals surface area contributed by atoms with Crippen LogP contribution in [0.3, 0.4) is 0 Å². The summed E-state index contributed by atoms with van der Waals surface area (Å²) in [7, 11) is 7.96. The van der Waals surface area contributed by atoms with Crippen LogP contribution in [0.1, 0.15) is 72.3 Å². The molecule has 3 N–H and O–H groups in total. The maximum atomic E-state index is 14.3. The zero-order valence-corrected chi connectivity index (χ0v) is 39.4. The van der Waals surface area contributed by atoms with Crippen molar-refractivity contribution in [2.75, 3.05) is 75.3 Å². The molecule has 1 heterocycles. The van der Waals surface area contributed by atoms with Gasteiger partial charge >= 0.3 is 0 Å². The van der Waals surface area contributed by atoms with Gasteiger partial charge in [0.15, 0.2) is 5.96 Å². The minimum atomic E-state index is -4.34. The summed E-state index contributed by atoms with van der Waals surface area (Å²) in [5, 5.41) is 8.78. The van der Waals surface area contributed by atoms with E-state index in [1.54, 1.807) is 55.1 Å². The third-order valence-electron chi connectivity index (χ3n) is 11.5. The lowest BCUT2D eigenvalue weighted by atomic mass is 9.89. The average Bonchev–Trinajstić information content (AvgIpc) is 3.69. The Morgan fingerprint density at radius 2 is 1.67 bits per heavy atom. The Hall–Kier alpha value is -4.21. The molecule has 3 unspecified atom stereocenters. The van der Waals surface area contributed by atoms with E-state index in [0.717, 1.165) is 6.42 Å². The van der Waals surface area contributed by atoms with Crippen LogP contribution in [0.15, 0.2) is 40.4 Å². The molecule has 1 saturated heterocycles. The zero-order chi connectivity index (χ0) is 46.0. The van der Waals surface area contributed by atoms with Crippen molar-refractivity contribution in [1.29, 1.82) is 0 Å². The van der Waals surface area contributed by atoms with Gasteiger partial charge in [-0.1, -0.05) is 76.5 Å². The lowest BCUT2D eigenvalue weighted by Gasteiger charge is -2.40. The Kier molecular flexibility index (Phi) is 22.3. The lowest BCUT2D eigenvalue weighted by Crippen LogP contribution is -2.55. The molecule has 0 saturated carbocycles. The predicted octanol–water partition coefficient (Wildman–Crippen LogP) is 4.18. The summed E-state index contributed by atoms with van der Waals surface area (Å²) < 4.78 is 25.9. The number of carbonyl (C=O) groups is 4. The van der Waals surface area contributed by atoms with E-state index < -0.39 is 67.4 Å². The first-order valence-electron chi connectivity index (χ1n) is 21.2. The number of ether oxygens (including phenoxy) is 2. The molecule has 0 aliphatic carbocycles. The van der Waals surface area contributed by atoms with Crippen molar-refractivity contribution in [3.8, 4) is 0 Å². The van der Waals surface area contributed by atoms with E-state index >= 15 is 0 Å². The van der Waals surface area contributed by atoms with Crippen LogP contribution < -0.4 is 10.6 Å². The summed E-state index contributed by atoms with van der Waals surface area (Å²) >= 11 is 0. The molecule has 0 aromatic heterocycles. The van der Waals surface area contributed by atoms with Crippen LogP contribution in [0, 0.1) is 17.8 Å². The third kappa shape index (κ3) is 15.6. The molecule has 1 aliphatic heterocycles. The highest BCUT2D eigenvalue weighted by molar-refractivity contribution is 7.59. The van der Waals surface area contributed by atoms with Crippen LogP contribution in [0.5, 0.6) is 0 Å². The Bertz CT molecular complexity index is 1680. The predicted molar refractivity (Wildman–Crippen MR) is 238 cm³/mol. The van der Waals surface area contributed by atoms with Crippen molar-refractivity contribution in [3.63, 3.8) is 0 Å². The molecule has 2 rings (SSSR count). The number of amides is 4. The summed E-state index contributed by atoms with van der Waals surface area (Å²) in [6.07, 6.45) is 0.139. The summed E-state index contributed by atoms with van der Waals surface area (Å²) in [6.45, 7) is 10.4. The van der Waals surface area contributed by atoms with Crippen molar-refractivity contribution in [3.05, 3.63) is 46.3 Å². The SMILES string of the molecule is CC[C@H](C)[C@@H]([C@@H](CC(=O)N1CCCC1[C@H](OC)[C@@H](C)C(=O)N[C@@H](Cc1ccccc1)P(=O)(O)CC(=O)NCCCN=[N+]=[N-])OC)N(C)C(=O)C(N=C(N(C)C)N(C)C)C(C)C. The van der Waals surface area contributed by atoms with Gasteiger partial charge in [0.2, 0.25) is 31.0 Å². The van der Waals surface area contributed by atoms with Crippen molar-refractivity contribution in [1.82, 2.24) is 30.2 Å². The van der Waals surface area contributed by atoms with Crippen molar-refractivity contribution < 1.29 is 38.1 Å². The monoisotopic (exact) mass is 877 g/mol. The third-order valence-corrected chi connectivity index (χ3v) is 13.5. The van der Waals surface area contributed by atoms with E-state index in [4.69, 9.17) is 20.0 Å². The minimum absolute atomic E-state index is 0.00757. The molecule has 1 aromatic rings. The van der Waals surface area contributed by atoms with Crippen LogP contribution >= 0.6 is 7.37 Å². The fourth-order valence-electron chi connectivity index (χ4n) is 7.98. The van der Waals surface area contributed by atoms with Crippen LogP contribution in [0.4, 0.5) is 0 Å². The van der Waals surface area contributed by atoms with Crippen LogP contribution in [0.25, 0.3) is 10.4 Å². The van der Waals surface area contributed by atoms with E-state index in [1.807, 2.05) is 71.8 Å². The summed E-state index contributed by atoms with van der Waals surface area (Å²) in [5.41, 5.74) is 9.16. The molecule has 0 bridgehead atoms. The normalized spacial score (nSPS) is 18.3. The van der Waals surface area contributed by atoms with E-state index in [9.17, 15) is 28.6 Å². The van der Waals surface area contributed by atoms with Crippen LogP contribution in [-0.2, 0) is 39.6 Å². The Labute approximate surface area is 363 Å². The standard InChI is InChI=1S/C42H73N10O8P/c1-13-29(4)38(51(10)41(56)37(28(2)3)47-42(49(6)7)50(8)9)33(59-11)26-36(54)52-24-17-21-32(52)39(60-12)30(5)40(55)46-35(25-31-19-15-14-16-20-31)61(57,58)27-34(53)44-22-18-23-45-48-43/h14-16,19-20,28-30,32-33,35,37-39H,13,17-18,21-27H2,1-12H3,(H,44,53)(H,46,55)(H,57,58)/t29-,30+,32?,33+,35+,37?,38-,39+/m0/s1. The molecule has 1 aliphatic rings. The number of carbonyl (C=O) groups excluding carboxylic acids is 4. The van der Waals surface area contributed by atoms with Gasteiger partial charge in [-0.3, -0.25) is 23.7 Å². The quantitative estimate of drug-likeness (QED) is 0.0256. The second kappa shape index (κ2) is 25.7. The number of rotatable bonds is 24. The number of methoxy groups -OCH3 is 2. The number of hydrogen-bond donors (Lipinski definition) is 3. The van der Waals surface area contributed by atoms with Gasteiger partial charge in [0.05, 0.1) is 36.6 Å². The van der Waals surface area contributed by atoms with E-state index in [2.05, 4.69) is 20.7 Å². The van der Waals surface area contributed by atoms with E-state index in [1.165, 1.54) is 7.11 Å². The molecule has 18 nitrogen and oxygen atoms in total. The number of likely N-dealkylation sites (tertiary alicyclic amines) is 1. The van der Waals surface area contributed by atoms with Gasteiger partial charge in [0.1, 0.15) is 18.0 Å². The molecule has 9 atom stereocenters. The number of aliphatic imine (C=N–C) groups is 1. The number of benzene rings is 1. The lowest BCUT2D eigenvalue weighted by molar-refractivity contribution is -0.146. The smallest absolute Gasteiger partial charge is 0.247 e. The van der Waals surface area contributed by atoms with Crippen molar-refractivity contribution >= 4 is 37.0 Å². The van der Waals surface area contributed by atoms with Gasteiger partial charge < -0.3 is 44.6 Å². The maximum absolute atomic E-state index is 14.3. The van der Waals surface area contributed by atoms with Crippen molar-refractivity contribution in [2.45, 2.75) is 109 Å². The first-order valence-corrected chi connectivity index (χ1v) is 23.1. The van der Waals surface area contributed by atoms with Gasteiger partial charge in [-0.05, 0) is 42.2 Å². The summed E-state index contributed by atoms with van der Waals surface area (Å²) in [4.78, 5) is 81.4. The molecule has 0 radical (unpaired) electrons. The molecule has 0 spiro atoms. The number of nitrogens with zero attached hydrogens (tertiary/aromatic N) is 8. The second-order valence-corrected chi connectivity index (χ2v) is 19.2. The highest BCUT2D eigenvalue weighted by Crippen LogP contribution is 2.46. The van der Waals surface area contributed by atoms with E-state index in [-0.39, 0.29) is 49.6 Å². The highest BCUT2D eigenvalue weighted by Gasteiger charge is 2.44. The fraction of sp³-hybridized carbons (Fsp3) is 0.738. The van der Waals surface area contributed by atoms with Crippen LogP contribution in [-0.4, -0.2) is 165 Å². The van der Waals surface area contributed by atoms with Crippen molar-refractivity contribution in [2.24, 2.45) is 27.9 Å². The van der Waals surface area contributed by atoms with Gasteiger partial charge in [-0.25, -0.2) is 4.99 Å². The Morgan fingerprint density at radius 1 is 1.03 bits per heavy atom. The molecule has 19 heteroatoms. The minimum Gasteiger partial charge on any atom is -0.379 e. The molecule has 344 valence electrons. The summed E-state index contributed by atoms with van der Waals surface area (Å²) in [5.74, 6) is -3.24. The maximum Gasteiger partial charge on any atom is 0.247 e. The van der Waals surface area contributed by atoms with Gasteiger partial charge in [-0.2, -0.15) is 0 Å². The number of guanidine groups is 1. The molecule has 1 aromatic carbocycles. The van der Waals surface area contributed by atoms with Gasteiger partial charge in [0.25, 0.3) is 0 Å². The van der Waals surface area contributed by atoms with Gasteiger partial charge in [-0.15, -0.1) is 0 Å². The molecule has 4 amide bonds. The second-order valence-electron chi connectivity index (χ2n) is 16.8. The first kappa shape index (κ1) is 52.9. The highest BCUT2D eigenvalue weighted by atomic mass is 31.2. The first-order chi connectivity index (χ1) is 28.7. The topological polar surface area (TPSA) is 222 Å². The number of azide groups is 1. The summed E-state index contributed by atoms with van der Waals surface area (Å²) in [6, 6.07) is 7.29. The fourth-order valence-corrected chi connectivity index (χ4v) is 9.55. The number of hydrogen-bond acceptors (Lipinski definition) is 9. The largest absolute Gasteiger partial charge is 0.379 e. The molecular formula is C42H73N10O8P. The molecule has 1 fully saturated rings. The Morgan fingerprint density at radius 3 is 2.21 bits per heavy atom. The molecule has 61 heavy (non-hydrogen) atoms. The zero-order valence-electron chi connectivity index (χ0n) is 38.5. The van der Waals surface area contributed by atoms with E-state index in [0.29, 0.717) is 37.3 Å². The average molecular weight is 877 g/mol. The number of nitrogens with one attached hydrogen (secondary N) is 2. The van der Waals surface area contributed by atoms with Crippen LogP contribution in [0.2, 0.25) is 0 Å². The number of likely N-dealkylation sites (N-methyl/N-ethyl adjacent to an activating group) is 1. The van der Waals surface area contributed by atoms with Gasteiger partial charge in [0, 0.05) is 80.4 Å².